The van der Waals surface area contributed by atoms with Crippen molar-refractivity contribution in [1.29, 1.82) is 0 Å². The first-order valence-corrected chi connectivity index (χ1v) is 9.12. The molecular weight excluding hydrogens is 312 g/mol. The predicted octanol–water partition coefficient (Wildman–Crippen LogP) is 2.78. The molecule has 2 heterocycles. The van der Waals surface area contributed by atoms with E-state index in [0.717, 1.165) is 44.8 Å². The Kier molecular flexibility index (Phi) is 5.99. The first-order chi connectivity index (χ1) is 12.3. The third-order valence-corrected chi connectivity index (χ3v) is 4.81. The molecule has 5 heteroatoms. The molecule has 5 nitrogen and oxygen atoms in total. The van der Waals surface area contributed by atoms with Gasteiger partial charge in [-0.1, -0.05) is 30.3 Å². The van der Waals surface area contributed by atoms with Crippen LogP contribution in [0.25, 0.3) is 0 Å². The summed E-state index contributed by atoms with van der Waals surface area (Å²) in [4.78, 5) is 25.8. The van der Waals surface area contributed by atoms with Crippen molar-refractivity contribution >= 4 is 11.9 Å². The van der Waals surface area contributed by atoms with Crippen LogP contribution in [0.2, 0.25) is 0 Å². The summed E-state index contributed by atoms with van der Waals surface area (Å²) < 4.78 is 0. The van der Waals surface area contributed by atoms with Gasteiger partial charge in [0, 0.05) is 38.6 Å². The van der Waals surface area contributed by atoms with Crippen LogP contribution in [0, 0.1) is 5.92 Å². The number of rotatable bonds is 6. The van der Waals surface area contributed by atoms with Gasteiger partial charge in [-0.25, -0.2) is 9.97 Å². The molecule has 1 unspecified atom stereocenters. The molecule has 0 radical (unpaired) electrons. The summed E-state index contributed by atoms with van der Waals surface area (Å²) in [5, 5.41) is 0. The number of carbonyl (C=O) groups is 1. The minimum absolute atomic E-state index is 0.0354. The molecule has 3 rings (SSSR count). The SMILES string of the molecule is CCN(CCc1ccccc1)C(=O)C1CCCN(c2ncccn2)C1. The molecule has 2 aromatic rings. The number of carbonyl (C=O) groups excluding carboxylic acids is 1. The fraction of sp³-hybridized carbons (Fsp3) is 0.450. The van der Waals surface area contributed by atoms with E-state index in [1.165, 1.54) is 5.56 Å². The van der Waals surface area contributed by atoms with Crippen molar-refractivity contribution in [3.05, 3.63) is 54.4 Å². The number of aromatic nitrogens is 2. The quantitative estimate of drug-likeness (QED) is 0.813. The molecule has 1 saturated heterocycles. The minimum Gasteiger partial charge on any atom is -0.342 e. The first-order valence-electron chi connectivity index (χ1n) is 9.12. The van der Waals surface area contributed by atoms with E-state index in [2.05, 4.69) is 33.9 Å². The summed E-state index contributed by atoms with van der Waals surface area (Å²) in [5.41, 5.74) is 1.27. The molecule has 0 spiro atoms. The van der Waals surface area contributed by atoms with Crippen molar-refractivity contribution in [2.24, 2.45) is 5.92 Å². The summed E-state index contributed by atoms with van der Waals surface area (Å²) in [6.07, 6.45) is 6.37. The Hall–Kier alpha value is -2.43. The van der Waals surface area contributed by atoms with E-state index in [1.54, 1.807) is 12.4 Å². The molecule has 1 fully saturated rings. The van der Waals surface area contributed by atoms with Crippen molar-refractivity contribution in [2.45, 2.75) is 26.2 Å². The highest BCUT2D eigenvalue weighted by Crippen LogP contribution is 2.22. The zero-order chi connectivity index (χ0) is 17.5. The van der Waals surface area contributed by atoms with Gasteiger partial charge in [0.25, 0.3) is 0 Å². The van der Waals surface area contributed by atoms with Gasteiger partial charge < -0.3 is 9.80 Å². The molecule has 1 aromatic carbocycles. The molecule has 1 aliphatic heterocycles. The second-order valence-electron chi connectivity index (χ2n) is 6.49. The smallest absolute Gasteiger partial charge is 0.227 e. The van der Waals surface area contributed by atoms with Crippen LogP contribution in [0.4, 0.5) is 5.95 Å². The Morgan fingerprint density at radius 2 is 1.96 bits per heavy atom. The Balaban J connectivity index is 1.60. The molecule has 0 aliphatic carbocycles. The van der Waals surface area contributed by atoms with Crippen LogP contribution in [-0.4, -0.2) is 47.0 Å². The van der Waals surface area contributed by atoms with Gasteiger partial charge in [-0.05, 0) is 37.8 Å². The van der Waals surface area contributed by atoms with Crippen molar-refractivity contribution in [2.75, 3.05) is 31.1 Å². The molecule has 0 saturated carbocycles. The number of hydrogen-bond donors (Lipinski definition) is 0. The molecule has 1 aromatic heterocycles. The summed E-state index contributed by atoms with van der Waals surface area (Å²) in [5.74, 6) is 1.03. The number of amides is 1. The molecule has 0 N–H and O–H groups in total. The summed E-state index contributed by atoms with van der Waals surface area (Å²) in [6.45, 7) is 5.22. The lowest BCUT2D eigenvalue weighted by Crippen LogP contribution is -2.45. The first kappa shape index (κ1) is 17.4. The van der Waals surface area contributed by atoms with Crippen molar-refractivity contribution in [3.8, 4) is 0 Å². The van der Waals surface area contributed by atoms with Crippen LogP contribution >= 0.6 is 0 Å². The van der Waals surface area contributed by atoms with E-state index in [1.807, 2.05) is 29.2 Å². The summed E-state index contributed by atoms with van der Waals surface area (Å²) in [6, 6.07) is 12.2. The van der Waals surface area contributed by atoms with Crippen molar-refractivity contribution in [1.82, 2.24) is 14.9 Å². The Morgan fingerprint density at radius 3 is 2.68 bits per heavy atom. The fourth-order valence-corrected chi connectivity index (χ4v) is 3.41. The fourth-order valence-electron chi connectivity index (χ4n) is 3.41. The lowest BCUT2D eigenvalue weighted by Gasteiger charge is -2.34. The third-order valence-electron chi connectivity index (χ3n) is 4.81. The Labute approximate surface area is 149 Å². The third kappa shape index (κ3) is 4.56. The van der Waals surface area contributed by atoms with Crippen LogP contribution < -0.4 is 4.90 Å². The summed E-state index contributed by atoms with van der Waals surface area (Å²) >= 11 is 0. The van der Waals surface area contributed by atoms with E-state index in [9.17, 15) is 4.79 Å². The topological polar surface area (TPSA) is 49.3 Å². The Morgan fingerprint density at radius 1 is 1.20 bits per heavy atom. The van der Waals surface area contributed by atoms with Gasteiger partial charge in [0.1, 0.15) is 0 Å². The zero-order valence-electron chi connectivity index (χ0n) is 14.8. The normalized spacial score (nSPS) is 17.3. The number of likely N-dealkylation sites (N-methyl/N-ethyl adjacent to an activating group) is 1. The van der Waals surface area contributed by atoms with Crippen molar-refractivity contribution < 1.29 is 4.79 Å². The van der Waals surface area contributed by atoms with E-state index >= 15 is 0 Å². The summed E-state index contributed by atoms with van der Waals surface area (Å²) in [7, 11) is 0. The van der Waals surface area contributed by atoms with E-state index < -0.39 is 0 Å². The minimum atomic E-state index is 0.0354. The number of nitrogens with zero attached hydrogens (tertiary/aromatic N) is 4. The van der Waals surface area contributed by atoms with Gasteiger partial charge in [-0.15, -0.1) is 0 Å². The average molecular weight is 338 g/mol. The van der Waals surface area contributed by atoms with E-state index in [-0.39, 0.29) is 11.8 Å². The molecule has 132 valence electrons. The van der Waals surface area contributed by atoms with Gasteiger partial charge in [0.15, 0.2) is 0 Å². The molecular formula is C20H26N4O. The monoisotopic (exact) mass is 338 g/mol. The van der Waals surface area contributed by atoms with Crippen LogP contribution in [-0.2, 0) is 11.2 Å². The standard InChI is InChI=1S/C20H26N4O/c1-2-23(15-11-17-8-4-3-5-9-17)19(25)18-10-6-14-24(16-18)20-21-12-7-13-22-20/h3-5,7-9,12-13,18H,2,6,10-11,14-16H2,1H3. The van der Waals surface area contributed by atoms with Gasteiger partial charge in [0.2, 0.25) is 11.9 Å². The predicted molar refractivity (Wildman–Crippen MR) is 99.4 cm³/mol. The van der Waals surface area contributed by atoms with Gasteiger partial charge in [-0.2, -0.15) is 0 Å². The molecule has 0 bridgehead atoms. The molecule has 1 atom stereocenters. The lowest BCUT2D eigenvalue weighted by atomic mass is 9.96. The molecule has 1 amide bonds. The van der Waals surface area contributed by atoms with Gasteiger partial charge >= 0.3 is 0 Å². The highest BCUT2D eigenvalue weighted by molar-refractivity contribution is 5.79. The molecule has 25 heavy (non-hydrogen) atoms. The van der Waals surface area contributed by atoms with Gasteiger partial charge in [0.05, 0.1) is 5.92 Å². The maximum Gasteiger partial charge on any atom is 0.227 e. The highest BCUT2D eigenvalue weighted by Gasteiger charge is 2.29. The number of hydrogen-bond acceptors (Lipinski definition) is 4. The van der Waals surface area contributed by atoms with Crippen LogP contribution in [0.15, 0.2) is 48.8 Å². The number of benzene rings is 1. The van der Waals surface area contributed by atoms with Crippen LogP contribution in [0.5, 0.6) is 0 Å². The average Bonchev–Trinajstić information content (AvgIpc) is 2.70. The van der Waals surface area contributed by atoms with E-state index in [4.69, 9.17) is 0 Å². The number of piperidine rings is 1. The maximum atomic E-state index is 13.0. The number of anilines is 1. The van der Waals surface area contributed by atoms with Crippen LogP contribution in [0.1, 0.15) is 25.3 Å². The van der Waals surface area contributed by atoms with Crippen LogP contribution in [0.3, 0.4) is 0 Å². The van der Waals surface area contributed by atoms with E-state index in [0.29, 0.717) is 6.54 Å². The largest absolute Gasteiger partial charge is 0.342 e. The lowest BCUT2D eigenvalue weighted by molar-refractivity contribution is -0.135. The van der Waals surface area contributed by atoms with Gasteiger partial charge in [-0.3, -0.25) is 4.79 Å². The van der Waals surface area contributed by atoms with Crippen molar-refractivity contribution in [3.63, 3.8) is 0 Å². The highest BCUT2D eigenvalue weighted by atomic mass is 16.2. The second kappa shape index (κ2) is 8.60. The second-order valence-corrected chi connectivity index (χ2v) is 6.49. The Bertz CT molecular complexity index is 662. The maximum absolute atomic E-state index is 13.0. The zero-order valence-corrected chi connectivity index (χ0v) is 14.8. The molecule has 1 aliphatic rings.